The molecule has 4 nitrogen and oxygen atoms in total. The van der Waals surface area contributed by atoms with Crippen molar-refractivity contribution in [1.82, 2.24) is 9.71 Å². The summed E-state index contributed by atoms with van der Waals surface area (Å²) < 4.78 is 53.3. The first-order valence-electron chi connectivity index (χ1n) is 6.75. The number of hydrogen-bond donors (Lipinski definition) is 1. The minimum absolute atomic E-state index is 0.0400. The van der Waals surface area contributed by atoms with E-state index >= 15 is 0 Å². The van der Waals surface area contributed by atoms with E-state index in [9.17, 15) is 17.2 Å². The van der Waals surface area contributed by atoms with Crippen molar-refractivity contribution in [1.29, 1.82) is 0 Å². The average Bonchev–Trinajstić information content (AvgIpc) is 2.55. The van der Waals surface area contributed by atoms with Gasteiger partial charge in [-0.3, -0.25) is 4.98 Å². The van der Waals surface area contributed by atoms with E-state index in [4.69, 9.17) is 0 Å². The molecule has 0 aliphatic rings. The van der Waals surface area contributed by atoms with Crippen molar-refractivity contribution in [2.45, 2.75) is 11.4 Å². The van der Waals surface area contributed by atoms with Crippen LogP contribution in [0.15, 0.2) is 59.6 Å². The number of sulfonamides is 1. The SMILES string of the molecule is O=S(=O)(NCc1ccc(F)c(F)c1)c1cccc2cccnc12. The Balaban J connectivity index is 1.90. The molecular weight excluding hydrogens is 322 g/mol. The lowest BCUT2D eigenvalue weighted by Gasteiger charge is -2.09. The summed E-state index contributed by atoms with van der Waals surface area (Å²) in [7, 11) is -3.84. The molecule has 0 aliphatic carbocycles. The van der Waals surface area contributed by atoms with Gasteiger partial charge in [0.05, 0.1) is 5.52 Å². The van der Waals surface area contributed by atoms with Crippen LogP contribution in [0.4, 0.5) is 8.78 Å². The van der Waals surface area contributed by atoms with Gasteiger partial charge in [0.15, 0.2) is 11.6 Å². The van der Waals surface area contributed by atoms with E-state index in [2.05, 4.69) is 9.71 Å². The van der Waals surface area contributed by atoms with Crippen molar-refractivity contribution < 1.29 is 17.2 Å². The maximum atomic E-state index is 13.2. The zero-order valence-corrected chi connectivity index (χ0v) is 12.6. The Bertz CT molecular complexity index is 969. The Morgan fingerprint density at radius 1 is 1.00 bits per heavy atom. The molecule has 7 heteroatoms. The molecule has 0 aliphatic heterocycles. The van der Waals surface area contributed by atoms with Gasteiger partial charge in [-0.15, -0.1) is 0 Å². The number of fused-ring (bicyclic) bond motifs is 1. The van der Waals surface area contributed by atoms with Crippen LogP contribution in [-0.4, -0.2) is 13.4 Å². The molecule has 2 aromatic carbocycles. The summed E-state index contributed by atoms with van der Waals surface area (Å²) in [6.07, 6.45) is 1.51. The van der Waals surface area contributed by atoms with Crippen LogP contribution in [0.3, 0.4) is 0 Å². The summed E-state index contributed by atoms with van der Waals surface area (Å²) in [5.41, 5.74) is 0.674. The number of para-hydroxylation sites is 1. The molecule has 0 spiro atoms. The highest BCUT2D eigenvalue weighted by atomic mass is 32.2. The quantitative estimate of drug-likeness (QED) is 0.798. The van der Waals surface area contributed by atoms with Crippen molar-refractivity contribution in [2.24, 2.45) is 0 Å². The smallest absolute Gasteiger partial charge is 0.243 e. The summed E-state index contributed by atoms with van der Waals surface area (Å²) in [5, 5.41) is 0.697. The predicted molar refractivity (Wildman–Crippen MR) is 82.1 cm³/mol. The van der Waals surface area contributed by atoms with E-state index in [1.54, 1.807) is 24.3 Å². The van der Waals surface area contributed by atoms with E-state index in [0.29, 0.717) is 16.5 Å². The Morgan fingerprint density at radius 3 is 2.57 bits per heavy atom. The summed E-state index contributed by atoms with van der Waals surface area (Å²) in [5.74, 6) is -2.00. The highest BCUT2D eigenvalue weighted by Gasteiger charge is 2.18. The third kappa shape index (κ3) is 3.20. The van der Waals surface area contributed by atoms with E-state index < -0.39 is 21.7 Å². The van der Waals surface area contributed by atoms with Gasteiger partial charge < -0.3 is 0 Å². The van der Waals surface area contributed by atoms with Gasteiger partial charge in [-0.05, 0) is 29.8 Å². The zero-order chi connectivity index (χ0) is 16.4. The Morgan fingerprint density at radius 2 is 1.78 bits per heavy atom. The van der Waals surface area contributed by atoms with Gasteiger partial charge in [-0.2, -0.15) is 0 Å². The van der Waals surface area contributed by atoms with Gasteiger partial charge in [-0.25, -0.2) is 21.9 Å². The van der Waals surface area contributed by atoms with Crippen LogP contribution in [-0.2, 0) is 16.6 Å². The highest BCUT2D eigenvalue weighted by Crippen LogP contribution is 2.20. The number of aromatic nitrogens is 1. The lowest BCUT2D eigenvalue weighted by atomic mass is 10.2. The minimum atomic E-state index is -3.84. The Labute approximate surface area is 131 Å². The second-order valence-electron chi connectivity index (χ2n) is 4.90. The molecule has 3 aromatic rings. The standard InChI is InChI=1S/C16H12F2N2O2S/c17-13-7-6-11(9-14(13)18)10-20-23(21,22)15-5-1-3-12-4-2-8-19-16(12)15/h1-9,20H,10H2. The molecule has 1 aromatic heterocycles. The first kappa shape index (κ1) is 15.5. The highest BCUT2D eigenvalue weighted by molar-refractivity contribution is 7.89. The molecule has 3 rings (SSSR count). The van der Waals surface area contributed by atoms with Crippen LogP contribution in [0.25, 0.3) is 10.9 Å². The fraction of sp³-hybridized carbons (Fsp3) is 0.0625. The lowest BCUT2D eigenvalue weighted by Crippen LogP contribution is -2.23. The summed E-state index contributed by atoms with van der Waals surface area (Å²) in [4.78, 5) is 4.14. The largest absolute Gasteiger partial charge is 0.255 e. The third-order valence-corrected chi connectivity index (χ3v) is 4.77. The molecule has 0 saturated heterocycles. The Hall–Kier alpha value is -2.38. The van der Waals surface area contributed by atoms with Crippen molar-refractivity contribution in [3.8, 4) is 0 Å². The summed E-state index contributed by atoms with van der Waals surface area (Å²) in [6, 6.07) is 11.5. The van der Waals surface area contributed by atoms with Gasteiger partial charge in [-0.1, -0.05) is 24.3 Å². The number of rotatable bonds is 4. The molecule has 1 N–H and O–H groups in total. The maximum Gasteiger partial charge on any atom is 0.243 e. The van der Waals surface area contributed by atoms with E-state index in [1.165, 1.54) is 18.3 Å². The molecule has 0 fully saturated rings. The van der Waals surface area contributed by atoms with E-state index in [-0.39, 0.29) is 11.4 Å². The Kier molecular flexibility index (Phi) is 4.06. The number of nitrogens with zero attached hydrogens (tertiary/aromatic N) is 1. The van der Waals surface area contributed by atoms with E-state index in [0.717, 1.165) is 12.1 Å². The molecule has 23 heavy (non-hydrogen) atoms. The van der Waals surface area contributed by atoms with Crippen LogP contribution in [0.5, 0.6) is 0 Å². The van der Waals surface area contributed by atoms with Crippen molar-refractivity contribution in [3.05, 3.63) is 71.9 Å². The average molecular weight is 334 g/mol. The lowest BCUT2D eigenvalue weighted by molar-refractivity contribution is 0.506. The summed E-state index contributed by atoms with van der Waals surface area (Å²) >= 11 is 0. The van der Waals surface area contributed by atoms with Crippen LogP contribution >= 0.6 is 0 Å². The molecule has 1 heterocycles. The monoisotopic (exact) mass is 334 g/mol. The van der Waals surface area contributed by atoms with Crippen LogP contribution in [0.2, 0.25) is 0 Å². The maximum absolute atomic E-state index is 13.2. The van der Waals surface area contributed by atoms with Crippen LogP contribution < -0.4 is 4.72 Å². The molecule has 0 saturated carbocycles. The topological polar surface area (TPSA) is 59.1 Å². The molecule has 0 unspecified atom stereocenters. The molecule has 0 atom stereocenters. The number of pyridine rings is 1. The third-order valence-electron chi connectivity index (χ3n) is 3.34. The predicted octanol–water partition coefficient (Wildman–Crippen LogP) is 2.99. The molecule has 0 amide bonds. The van der Waals surface area contributed by atoms with Gasteiger partial charge in [0, 0.05) is 18.1 Å². The van der Waals surface area contributed by atoms with Crippen LogP contribution in [0, 0.1) is 11.6 Å². The molecule has 0 bridgehead atoms. The van der Waals surface area contributed by atoms with Crippen molar-refractivity contribution in [2.75, 3.05) is 0 Å². The fourth-order valence-corrected chi connectivity index (χ4v) is 3.39. The minimum Gasteiger partial charge on any atom is -0.255 e. The van der Waals surface area contributed by atoms with Gasteiger partial charge in [0.25, 0.3) is 0 Å². The number of halogens is 2. The zero-order valence-electron chi connectivity index (χ0n) is 11.8. The second-order valence-corrected chi connectivity index (χ2v) is 6.64. The number of nitrogens with one attached hydrogen (secondary N) is 1. The molecule has 118 valence electrons. The van der Waals surface area contributed by atoms with Crippen LogP contribution in [0.1, 0.15) is 5.56 Å². The van der Waals surface area contributed by atoms with E-state index in [1.807, 2.05) is 0 Å². The molecule has 0 radical (unpaired) electrons. The summed E-state index contributed by atoms with van der Waals surface area (Å²) in [6.45, 7) is -0.150. The first-order chi connectivity index (χ1) is 11.0. The van der Waals surface area contributed by atoms with Crippen molar-refractivity contribution >= 4 is 20.9 Å². The second kappa shape index (κ2) is 6.02. The number of hydrogen-bond acceptors (Lipinski definition) is 3. The normalized spacial score (nSPS) is 11.7. The van der Waals surface area contributed by atoms with Gasteiger partial charge in [0.1, 0.15) is 4.90 Å². The van der Waals surface area contributed by atoms with Crippen molar-refractivity contribution in [3.63, 3.8) is 0 Å². The van der Waals surface area contributed by atoms with Gasteiger partial charge in [0.2, 0.25) is 10.0 Å². The molecular formula is C16H12F2N2O2S. The fourth-order valence-electron chi connectivity index (χ4n) is 2.20. The number of benzene rings is 2. The first-order valence-corrected chi connectivity index (χ1v) is 8.23. The van der Waals surface area contributed by atoms with Gasteiger partial charge >= 0.3 is 0 Å².